The molecule has 0 amide bonds. The molecule has 0 saturated carbocycles. The number of nitrogens with zero attached hydrogens (tertiary/aromatic N) is 1. The van der Waals surface area contributed by atoms with Crippen LogP contribution >= 0.6 is 34.8 Å². The normalized spacial score (nSPS) is 10.5. The molecule has 0 atom stereocenters. The van der Waals surface area contributed by atoms with Crippen molar-refractivity contribution in [2.75, 3.05) is 24.5 Å². The van der Waals surface area contributed by atoms with Gasteiger partial charge in [-0.3, -0.25) is 5.10 Å². The van der Waals surface area contributed by atoms with Crippen LogP contribution in [0.2, 0.25) is 15.1 Å². The second kappa shape index (κ2) is 11.9. The fourth-order valence-electron chi connectivity index (χ4n) is 2.95. The van der Waals surface area contributed by atoms with Crippen molar-refractivity contribution in [3.05, 3.63) is 80.9 Å². The molecule has 4 aromatic rings. The van der Waals surface area contributed by atoms with E-state index in [1.807, 2.05) is 26.0 Å². The maximum atomic E-state index is 12.2. The summed E-state index contributed by atoms with van der Waals surface area (Å²) in [5.74, 6) is -0.485. The minimum Gasteiger partial charge on any atom is -0.435 e. The molecule has 10 heteroatoms. The van der Waals surface area contributed by atoms with Crippen LogP contribution in [0.1, 0.15) is 22.8 Å². The van der Waals surface area contributed by atoms with E-state index in [9.17, 15) is 4.79 Å². The van der Waals surface area contributed by atoms with Crippen LogP contribution < -0.4 is 11.1 Å². The van der Waals surface area contributed by atoms with Crippen LogP contribution in [0.4, 0.5) is 17.1 Å². The quantitative estimate of drug-likeness (QED) is 0.109. The van der Waals surface area contributed by atoms with Gasteiger partial charge in [0.05, 0.1) is 49.4 Å². The summed E-state index contributed by atoms with van der Waals surface area (Å²) in [7, 11) is 0. The number of aromatic amines is 1. The molecule has 0 saturated heterocycles. The number of para-hydroxylation sites is 1. The number of nitrogens with two attached hydrogens (primary N) is 1. The summed E-state index contributed by atoms with van der Waals surface area (Å²) in [4.78, 5) is 12.2. The molecule has 4 N–H and O–H groups in total. The molecule has 0 aliphatic rings. The Morgan fingerprint density at radius 1 is 1.09 bits per heavy atom. The van der Waals surface area contributed by atoms with Crippen LogP contribution in [-0.4, -0.2) is 29.6 Å². The number of aryl methyl sites for hydroxylation is 1. The standard InChI is InChI=1S/C17H17Cl2NO3.C7H6ClN3/c1-3-22-10-23-17(21)12-6-4-5-7-14(12)20-16-13(18)9-8-11(2)15(16)19;8-5-1-2-6-4(7(5)9)3-10-11-6/h4-9,20H,3,10H2,1-2H3;1-3H,9H2,(H,10,11). The molecule has 0 fully saturated rings. The van der Waals surface area contributed by atoms with Gasteiger partial charge in [0.25, 0.3) is 0 Å². The molecule has 0 unspecified atom stereocenters. The first-order chi connectivity index (χ1) is 16.3. The molecule has 7 nitrogen and oxygen atoms in total. The molecular formula is C24H23Cl3N4O3. The highest BCUT2D eigenvalue weighted by Gasteiger charge is 2.15. The molecule has 0 spiro atoms. The zero-order chi connectivity index (χ0) is 24.7. The number of nitrogens with one attached hydrogen (secondary N) is 2. The number of benzene rings is 3. The van der Waals surface area contributed by atoms with E-state index in [-0.39, 0.29) is 6.79 Å². The van der Waals surface area contributed by atoms with Gasteiger partial charge in [0.15, 0.2) is 6.79 Å². The molecule has 34 heavy (non-hydrogen) atoms. The van der Waals surface area contributed by atoms with Crippen LogP contribution in [-0.2, 0) is 9.47 Å². The summed E-state index contributed by atoms with van der Waals surface area (Å²) < 4.78 is 10.1. The Balaban J connectivity index is 0.000000243. The van der Waals surface area contributed by atoms with Gasteiger partial charge in [-0.1, -0.05) is 53.0 Å². The Bertz CT molecular complexity index is 1290. The van der Waals surface area contributed by atoms with Crippen molar-refractivity contribution in [3.63, 3.8) is 0 Å². The first kappa shape index (κ1) is 25.6. The number of H-pyrrole nitrogens is 1. The maximum absolute atomic E-state index is 12.2. The van der Waals surface area contributed by atoms with Gasteiger partial charge in [-0.05, 0) is 49.7 Å². The van der Waals surface area contributed by atoms with E-state index in [1.165, 1.54) is 0 Å². The zero-order valence-electron chi connectivity index (χ0n) is 18.5. The average molecular weight is 522 g/mol. The Kier molecular flexibility index (Phi) is 9.01. The fraction of sp³-hybridized carbons (Fsp3) is 0.167. The van der Waals surface area contributed by atoms with E-state index in [0.29, 0.717) is 44.3 Å². The Morgan fingerprint density at radius 2 is 1.82 bits per heavy atom. The number of aromatic nitrogens is 2. The second-order valence-corrected chi connectivity index (χ2v) is 8.25. The summed E-state index contributed by atoms with van der Waals surface area (Å²) >= 11 is 18.3. The number of fused-ring (bicyclic) bond motifs is 1. The van der Waals surface area contributed by atoms with Gasteiger partial charge in [-0.15, -0.1) is 0 Å². The summed E-state index contributed by atoms with van der Waals surface area (Å²) in [6, 6.07) is 14.2. The first-order valence-corrected chi connectivity index (χ1v) is 11.4. The van der Waals surface area contributed by atoms with Crippen molar-refractivity contribution >= 4 is 68.7 Å². The largest absolute Gasteiger partial charge is 0.435 e. The third kappa shape index (κ3) is 6.12. The smallest absolute Gasteiger partial charge is 0.342 e. The summed E-state index contributed by atoms with van der Waals surface area (Å²) in [6.45, 7) is 4.09. The van der Waals surface area contributed by atoms with Crippen LogP contribution in [0.15, 0.2) is 54.7 Å². The van der Waals surface area contributed by atoms with Gasteiger partial charge < -0.3 is 20.5 Å². The molecule has 0 aliphatic carbocycles. The van der Waals surface area contributed by atoms with Gasteiger partial charge in [-0.25, -0.2) is 4.79 Å². The lowest BCUT2D eigenvalue weighted by Gasteiger charge is -2.15. The second-order valence-electron chi connectivity index (χ2n) is 7.06. The van der Waals surface area contributed by atoms with Crippen LogP contribution in [0.25, 0.3) is 10.9 Å². The summed E-state index contributed by atoms with van der Waals surface area (Å²) in [5, 5.41) is 12.2. The lowest BCUT2D eigenvalue weighted by Crippen LogP contribution is -2.11. The molecule has 0 radical (unpaired) electrons. The van der Waals surface area contributed by atoms with Crippen molar-refractivity contribution in [1.82, 2.24) is 10.2 Å². The molecular weight excluding hydrogens is 499 g/mol. The van der Waals surface area contributed by atoms with Gasteiger partial charge in [-0.2, -0.15) is 5.10 Å². The number of hydrogen-bond donors (Lipinski definition) is 3. The summed E-state index contributed by atoms with van der Waals surface area (Å²) in [5.41, 5.74) is 9.53. The Morgan fingerprint density at radius 3 is 2.59 bits per heavy atom. The average Bonchev–Trinajstić information content (AvgIpc) is 3.32. The summed E-state index contributed by atoms with van der Waals surface area (Å²) in [6.07, 6.45) is 1.66. The molecule has 0 bridgehead atoms. The number of carbonyl (C=O) groups is 1. The highest BCUT2D eigenvalue weighted by atomic mass is 35.5. The molecule has 3 aromatic carbocycles. The van der Waals surface area contributed by atoms with Crippen molar-refractivity contribution in [2.24, 2.45) is 0 Å². The number of anilines is 3. The van der Waals surface area contributed by atoms with Crippen LogP contribution in [0.5, 0.6) is 0 Å². The van der Waals surface area contributed by atoms with Crippen molar-refractivity contribution < 1.29 is 14.3 Å². The maximum Gasteiger partial charge on any atom is 0.342 e. The number of esters is 1. The molecule has 4 rings (SSSR count). The van der Waals surface area contributed by atoms with Crippen molar-refractivity contribution in [2.45, 2.75) is 13.8 Å². The highest BCUT2D eigenvalue weighted by Crippen LogP contribution is 2.36. The number of hydrogen-bond acceptors (Lipinski definition) is 6. The van der Waals surface area contributed by atoms with Crippen LogP contribution in [0, 0.1) is 6.92 Å². The van der Waals surface area contributed by atoms with Crippen molar-refractivity contribution in [1.29, 1.82) is 0 Å². The number of halogens is 3. The predicted molar refractivity (Wildman–Crippen MR) is 138 cm³/mol. The lowest BCUT2D eigenvalue weighted by atomic mass is 10.1. The minimum absolute atomic E-state index is 0.0877. The monoisotopic (exact) mass is 520 g/mol. The third-order valence-electron chi connectivity index (χ3n) is 4.78. The van der Waals surface area contributed by atoms with E-state index < -0.39 is 5.97 Å². The minimum atomic E-state index is -0.485. The van der Waals surface area contributed by atoms with Gasteiger partial charge in [0, 0.05) is 12.0 Å². The Hall–Kier alpha value is -2.97. The molecule has 0 aliphatic heterocycles. The molecule has 178 valence electrons. The lowest BCUT2D eigenvalue weighted by molar-refractivity contribution is -0.0273. The number of ether oxygens (including phenoxy) is 2. The SMILES string of the molecule is CCOCOC(=O)c1ccccc1Nc1c(Cl)ccc(C)c1Cl.Nc1c(Cl)ccc2[nH]ncc12. The van der Waals surface area contributed by atoms with Crippen molar-refractivity contribution in [3.8, 4) is 0 Å². The fourth-order valence-corrected chi connectivity index (χ4v) is 3.57. The van der Waals surface area contributed by atoms with Gasteiger partial charge >= 0.3 is 5.97 Å². The van der Waals surface area contributed by atoms with E-state index in [0.717, 1.165) is 16.5 Å². The topological polar surface area (TPSA) is 102 Å². The Labute approximate surface area is 212 Å². The van der Waals surface area contributed by atoms with Gasteiger partial charge in [0.2, 0.25) is 0 Å². The first-order valence-electron chi connectivity index (χ1n) is 10.3. The zero-order valence-corrected chi connectivity index (χ0v) is 20.8. The van der Waals surface area contributed by atoms with E-state index in [2.05, 4.69) is 15.5 Å². The van der Waals surface area contributed by atoms with E-state index >= 15 is 0 Å². The number of nitrogen functional groups attached to an aromatic ring is 1. The highest BCUT2D eigenvalue weighted by molar-refractivity contribution is 6.39. The van der Waals surface area contributed by atoms with E-state index in [4.69, 9.17) is 50.0 Å². The van der Waals surface area contributed by atoms with Gasteiger partial charge in [0.1, 0.15) is 0 Å². The molecule has 1 aromatic heterocycles. The number of carbonyl (C=O) groups excluding carboxylic acids is 1. The number of rotatable bonds is 6. The van der Waals surface area contributed by atoms with Crippen LogP contribution in [0.3, 0.4) is 0 Å². The molecule has 1 heterocycles. The van der Waals surface area contributed by atoms with E-state index in [1.54, 1.807) is 42.6 Å². The third-order valence-corrected chi connectivity index (χ3v) is 5.91. The predicted octanol–water partition coefficient (Wildman–Crippen LogP) is 6.99.